The Kier molecular flexibility index (Phi) is 4.77. The first-order valence-electron chi connectivity index (χ1n) is 11.3. The van der Waals surface area contributed by atoms with Crippen LogP contribution in [0.2, 0.25) is 0 Å². The summed E-state index contributed by atoms with van der Waals surface area (Å²) in [6.45, 7) is 7.30. The Labute approximate surface area is 154 Å². The Hall–Kier alpha value is -0.0800. The second-order valence-corrected chi connectivity index (χ2v) is 10.7. The van der Waals surface area contributed by atoms with E-state index in [0.717, 1.165) is 49.4 Å². The lowest BCUT2D eigenvalue weighted by Crippen LogP contribution is -2.54. The number of hydrogen-bond donors (Lipinski definition) is 2. The van der Waals surface area contributed by atoms with Crippen LogP contribution in [-0.2, 0) is 0 Å². The van der Waals surface area contributed by atoms with Gasteiger partial charge in [0, 0.05) is 0 Å². The number of fused-ring (bicyclic) bond motifs is 5. The van der Waals surface area contributed by atoms with Crippen LogP contribution in [0.5, 0.6) is 0 Å². The monoisotopic (exact) mass is 348 g/mol. The minimum Gasteiger partial charge on any atom is -0.393 e. The van der Waals surface area contributed by atoms with E-state index < -0.39 is 0 Å². The summed E-state index contributed by atoms with van der Waals surface area (Å²) in [7, 11) is 0. The second kappa shape index (κ2) is 6.51. The van der Waals surface area contributed by atoms with Crippen LogP contribution in [0, 0.1) is 40.4 Å². The molecule has 0 radical (unpaired) electrons. The molecule has 9 atom stereocenters. The van der Waals surface area contributed by atoms with E-state index in [1.807, 2.05) is 0 Å². The van der Waals surface area contributed by atoms with E-state index in [2.05, 4.69) is 20.8 Å². The van der Waals surface area contributed by atoms with Gasteiger partial charge in [0.2, 0.25) is 0 Å². The van der Waals surface area contributed by atoms with E-state index in [1.54, 1.807) is 0 Å². The predicted octanol–water partition coefficient (Wildman–Crippen LogP) is 5.17. The van der Waals surface area contributed by atoms with Gasteiger partial charge >= 0.3 is 0 Å². The summed E-state index contributed by atoms with van der Waals surface area (Å²) in [5.74, 6) is 3.89. The van der Waals surface area contributed by atoms with Crippen molar-refractivity contribution >= 4 is 0 Å². The number of aliphatic hydroxyl groups is 2. The van der Waals surface area contributed by atoms with Crippen LogP contribution < -0.4 is 0 Å². The van der Waals surface area contributed by atoms with Crippen molar-refractivity contribution in [3.8, 4) is 0 Å². The third-order valence-electron chi connectivity index (χ3n) is 9.76. The lowest BCUT2D eigenvalue weighted by molar-refractivity contribution is -0.133. The van der Waals surface area contributed by atoms with Crippen LogP contribution in [0.4, 0.5) is 0 Å². The van der Waals surface area contributed by atoms with Crippen molar-refractivity contribution in [3.63, 3.8) is 0 Å². The number of aliphatic hydroxyl groups excluding tert-OH is 2. The van der Waals surface area contributed by atoms with Gasteiger partial charge in [-0.15, -0.1) is 0 Å². The molecule has 0 saturated heterocycles. The maximum Gasteiger partial charge on any atom is 0.0573 e. The van der Waals surface area contributed by atoms with Gasteiger partial charge < -0.3 is 10.2 Å². The topological polar surface area (TPSA) is 40.5 Å². The Morgan fingerprint density at radius 2 is 1.64 bits per heavy atom. The molecule has 0 spiro atoms. The average molecular weight is 349 g/mol. The van der Waals surface area contributed by atoms with E-state index in [0.29, 0.717) is 16.7 Å². The van der Waals surface area contributed by atoms with E-state index in [4.69, 9.17) is 0 Å². The summed E-state index contributed by atoms with van der Waals surface area (Å²) in [5, 5.41) is 21.0. The summed E-state index contributed by atoms with van der Waals surface area (Å²) < 4.78 is 0. The van der Waals surface area contributed by atoms with Crippen molar-refractivity contribution < 1.29 is 10.2 Å². The maximum atomic E-state index is 10.8. The minimum atomic E-state index is -0.0756. The molecule has 144 valence electrons. The van der Waals surface area contributed by atoms with Crippen LogP contribution >= 0.6 is 0 Å². The van der Waals surface area contributed by atoms with Crippen molar-refractivity contribution in [3.05, 3.63) is 0 Å². The molecule has 0 aliphatic heterocycles. The Morgan fingerprint density at radius 1 is 0.920 bits per heavy atom. The fourth-order valence-electron chi connectivity index (χ4n) is 8.41. The first kappa shape index (κ1) is 18.3. The van der Waals surface area contributed by atoms with Gasteiger partial charge in [0.15, 0.2) is 0 Å². The molecule has 0 amide bonds. The predicted molar refractivity (Wildman–Crippen MR) is 102 cm³/mol. The zero-order valence-corrected chi connectivity index (χ0v) is 16.7. The van der Waals surface area contributed by atoms with Crippen molar-refractivity contribution in [2.24, 2.45) is 40.4 Å². The summed E-state index contributed by atoms with van der Waals surface area (Å²) >= 11 is 0. The molecule has 2 heteroatoms. The van der Waals surface area contributed by atoms with Crippen LogP contribution in [0.15, 0.2) is 0 Å². The molecule has 0 bridgehead atoms. The molecule has 4 rings (SSSR count). The van der Waals surface area contributed by atoms with Gasteiger partial charge in [-0.05, 0) is 105 Å². The highest BCUT2D eigenvalue weighted by atomic mass is 16.3. The van der Waals surface area contributed by atoms with E-state index in [1.165, 1.54) is 44.9 Å². The first-order valence-corrected chi connectivity index (χ1v) is 11.3. The van der Waals surface area contributed by atoms with E-state index >= 15 is 0 Å². The molecular weight excluding hydrogens is 308 g/mol. The van der Waals surface area contributed by atoms with Crippen molar-refractivity contribution in [1.29, 1.82) is 0 Å². The highest BCUT2D eigenvalue weighted by Crippen LogP contribution is 2.67. The Bertz CT molecular complexity index is 490. The zero-order chi connectivity index (χ0) is 17.8. The van der Waals surface area contributed by atoms with E-state index in [-0.39, 0.29) is 12.2 Å². The van der Waals surface area contributed by atoms with Gasteiger partial charge in [0.1, 0.15) is 0 Å². The van der Waals surface area contributed by atoms with Gasteiger partial charge in [0.05, 0.1) is 12.2 Å². The number of hydrogen-bond acceptors (Lipinski definition) is 2. The van der Waals surface area contributed by atoms with Gasteiger partial charge in [-0.3, -0.25) is 0 Å². The standard InChI is InChI=1S/C23H40O2/c1-4-5-21(25)20-9-8-18-17-7-6-15-14-16(24)10-12-22(15,2)19(17)11-13-23(18,20)3/h15-21,24-25H,4-14H2,1-3H3/t15-,16+,17-,18-,19-,20+,21?,22-,23-/m0/s1. The lowest BCUT2D eigenvalue weighted by Gasteiger charge is -2.61. The summed E-state index contributed by atoms with van der Waals surface area (Å²) in [6, 6.07) is 0. The second-order valence-electron chi connectivity index (χ2n) is 10.7. The van der Waals surface area contributed by atoms with Gasteiger partial charge in [0.25, 0.3) is 0 Å². The third-order valence-corrected chi connectivity index (χ3v) is 9.76. The molecule has 1 unspecified atom stereocenters. The molecule has 4 saturated carbocycles. The van der Waals surface area contributed by atoms with Crippen LogP contribution in [0.3, 0.4) is 0 Å². The van der Waals surface area contributed by atoms with Crippen molar-refractivity contribution in [1.82, 2.24) is 0 Å². The fraction of sp³-hybridized carbons (Fsp3) is 1.00. The van der Waals surface area contributed by atoms with E-state index in [9.17, 15) is 10.2 Å². The molecule has 0 aromatic carbocycles. The third kappa shape index (κ3) is 2.73. The quantitative estimate of drug-likeness (QED) is 0.739. The minimum absolute atomic E-state index is 0.0384. The molecule has 4 fully saturated rings. The number of rotatable bonds is 3. The summed E-state index contributed by atoms with van der Waals surface area (Å²) in [4.78, 5) is 0. The highest BCUT2D eigenvalue weighted by molar-refractivity contribution is 5.10. The molecule has 2 N–H and O–H groups in total. The SMILES string of the molecule is CCCC(O)[C@H]1CC[C@H]2[C@@H]3CC[C@H]4C[C@H](O)CC[C@]4(C)[C@H]3CC[C@]12C. The summed E-state index contributed by atoms with van der Waals surface area (Å²) in [5.41, 5.74) is 0.858. The van der Waals surface area contributed by atoms with Crippen LogP contribution in [0.1, 0.15) is 91.4 Å². The average Bonchev–Trinajstić information content (AvgIpc) is 2.93. The molecule has 4 aliphatic carbocycles. The molecular formula is C23H40O2. The van der Waals surface area contributed by atoms with Gasteiger partial charge in [-0.25, -0.2) is 0 Å². The van der Waals surface area contributed by atoms with Gasteiger partial charge in [-0.1, -0.05) is 27.2 Å². The molecule has 2 nitrogen and oxygen atoms in total. The van der Waals surface area contributed by atoms with Gasteiger partial charge in [-0.2, -0.15) is 0 Å². The maximum absolute atomic E-state index is 10.8. The lowest BCUT2D eigenvalue weighted by atomic mass is 9.44. The molecule has 0 aromatic rings. The Balaban J connectivity index is 1.56. The summed E-state index contributed by atoms with van der Waals surface area (Å²) in [6.07, 6.45) is 13.3. The smallest absolute Gasteiger partial charge is 0.0573 e. The largest absolute Gasteiger partial charge is 0.393 e. The molecule has 4 aliphatic rings. The molecule has 0 heterocycles. The zero-order valence-electron chi connectivity index (χ0n) is 16.7. The normalized spacial score (nSPS) is 53.6. The molecule has 25 heavy (non-hydrogen) atoms. The first-order chi connectivity index (χ1) is 11.9. The van der Waals surface area contributed by atoms with Crippen LogP contribution in [0.25, 0.3) is 0 Å². The Morgan fingerprint density at radius 3 is 2.40 bits per heavy atom. The van der Waals surface area contributed by atoms with Crippen LogP contribution in [-0.4, -0.2) is 22.4 Å². The highest BCUT2D eigenvalue weighted by Gasteiger charge is 2.60. The fourth-order valence-corrected chi connectivity index (χ4v) is 8.41. The van der Waals surface area contributed by atoms with Crippen molar-refractivity contribution in [2.45, 2.75) is 104 Å². The molecule has 0 aromatic heterocycles. The van der Waals surface area contributed by atoms with Crippen molar-refractivity contribution in [2.75, 3.05) is 0 Å².